The molecule has 0 spiro atoms. The Hall–Kier alpha value is -0.870. The third-order valence-electron chi connectivity index (χ3n) is 5.47. The van der Waals surface area contributed by atoms with E-state index in [-0.39, 0.29) is 5.54 Å². The van der Waals surface area contributed by atoms with Gasteiger partial charge in [0.2, 0.25) is 10.0 Å². The van der Waals surface area contributed by atoms with E-state index < -0.39 is 10.0 Å². The van der Waals surface area contributed by atoms with E-state index in [9.17, 15) is 8.42 Å². The molecule has 116 valence electrons. The molecule has 4 heteroatoms. The zero-order chi connectivity index (χ0) is 15.3. The van der Waals surface area contributed by atoms with E-state index in [2.05, 4.69) is 13.8 Å². The number of fused-ring (bicyclic) bond motifs is 1. The molecule has 3 rings (SSSR count). The molecule has 0 N–H and O–H groups in total. The largest absolute Gasteiger partial charge is 0.243 e. The predicted molar refractivity (Wildman–Crippen MR) is 84.6 cm³/mol. The molecule has 2 fully saturated rings. The van der Waals surface area contributed by atoms with Crippen LogP contribution in [0.5, 0.6) is 0 Å². The predicted octanol–water partition coefficient (Wildman–Crippen LogP) is 3.58. The summed E-state index contributed by atoms with van der Waals surface area (Å²) in [7, 11) is -3.39. The topological polar surface area (TPSA) is 37.4 Å². The van der Waals surface area contributed by atoms with E-state index >= 15 is 0 Å². The molecule has 1 aromatic rings. The molecular weight excluding hydrogens is 282 g/mol. The lowest BCUT2D eigenvalue weighted by atomic mass is 9.74. The summed E-state index contributed by atoms with van der Waals surface area (Å²) in [5.74, 6) is 1.04. The maximum atomic E-state index is 13.0. The molecule has 1 saturated carbocycles. The maximum absolute atomic E-state index is 13.0. The lowest BCUT2D eigenvalue weighted by Crippen LogP contribution is -2.46. The summed E-state index contributed by atoms with van der Waals surface area (Å²) in [4.78, 5) is 0.430. The molecule has 1 saturated heterocycles. The molecule has 2 atom stereocenters. The van der Waals surface area contributed by atoms with Crippen molar-refractivity contribution in [3.63, 3.8) is 0 Å². The second kappa shape index (κ2) is 5.10. The SMILES string of the molecule is Cc1ccc(S(=O)(=O)N2CC3CCCCC3C2(C)C)cc1. The fourth-order valence-corrected chi connectivity index (χ4v) is 6.11. The lowest BCUT2D eigenvalue weighted by molar-refractivity contribution is 0.183. The van der Waals surface area contributed by atoms with E-state index in [1.165, 1.54) is 19.3 Å². The molecule has 1 heterocycles. The van der Waals surface area contributed by atoms with Gasteiger partial charge in [-0.1, -0.05) is 30.5 Å². The summed E-state index contributed by atoms with van der Waals surface area (Å²) in [6.45, 7) is 6.88. The Labute approximate surface area is 128 Å². The molecule has 1 aromatic carbocycles. The highest BCUT2D eigenvalue weighted by molar-refractivity contribution is 7.89. The zero-order valence-electron chi connectivity index (χ0n) is 13.2. The zero-order valence-corrected chi connectivity index (χ0v) is 14.0. The first-order valence-corrected chi connectivity index (χ1v) is 9.37. The van der Waals surface area contributed by atoms with Gasteiger partial charge >= 0.3 is 0 Å². The second-order valence-electron chi connectivity index (χ2n) is 7.15. The van der Waals surface area contributed by atoms with Gasteiger partial charge in [0, 0.05) is 12.1 Å². The van der Waals surface area contributed by atoms with Crippen LogP contribution in [0, 0.1) is 18.8 Å². The number of nitrogens with zero attached hydrogens (tertiary/aromatic N) is 1. The van der Waals surface area contributed by atoms with Gasteiger partial charge in [0.1, 0.15) is 0 Å². The number of benzene rings is 1. The van der Waals surface area contributed by atoms with Gasteiger partial charge in [-0.3, -0.25) is 0 Å². The summed E-state index contributed by atoms with van der Waals surface area (Å²) in [6, 6.07) is 7.23. The van der Waals surface area contributed by atoms with Crippen molar-refractivity contribution < 1.29 is 8.42 Å². The van der Waals surface area contributed by atoms with Crippen LogP contribution in [0.15, 0.2) is 29.2 Å². The summed E-state index contributed by atoms with van der Waals surface area (Å²) in [6.07, 6.45) is 4.82. The van der Waals surface area contributed by atoms with Crippen molar-refractivity contribution in [2.45, 2.75) is 56.9 Å². The van der Waals surface area contributed by atoms with Gasteiger partial charge in [-0.2, -0.15) is 4.31 Å². The third kappa shape index (κ3) is 2.42. The standard InChI is InChI=1S/C17H25NO2S/c1-13-8-10-15(11-9-13)21(19,20)18-12-14-6-4-5-7-16(14)17(18,2)3/h8-11,14,16H,4-7,12H2,1-3H3. The molecule has 1 aliphatic carbocycles. The number of hydrogen-bond donors (Lipinski definition) is 0. The Balaban J connectivity index is 1.97. The highest BCUT2D eigenvalue weighted by Crippen LogP contribution is 2.48. The quantitative estimate of drug-likeness (QED) is 0.837. The minimum Gasteiger partial charge on any atom is -0.207 e. The van der Waals surface area contributed by atoms with Crippen molar-refractivity contribution in [1.29, 1.82) is 0 Å². The molecule has 0 bridgehead atoms. The van der Waals surface area contributed by atoms with Crippen LogP contribution in [0.25, 0.3) is 0 Å². The van der Waals surface area contributed by atoms with Gasteiger partial charge in [0.05, 0.1) is 4.90 Å². The van der Waals surface area contributed by atoms with Crippen molar-refractivity contribution >= 4 is 10.0 Å². The van der Waals surface area contributed by atoms with Crippen molar-refractivity contribution in [1.82, 2.24) is 4.31 Å². The second-order valence-corrected chi connectivity index (χ2v) is 9.02. The molecule has 0 amide bonds. The first-order valence-electron chi connectivity index (χ1n) is 7.93. The van der Waals surface area contributed by atoms with Crippen LogP contribution in [0.3, 0.4) is 0 Å². The smallest absolute Gasteiger partial charge is 0.207 e. The number of hydrogen-bond acceptors (Lipinski definition) is 2. The molecule has 21 heavy (non-hydrogen) atoms. The van der Waals surface area contributed by atoms with E-state index in [0.717, 1.165) is 12.0 Å². The highest BCUT2D eigenvalue weighted by Gasteiger charge is 2.52. The van der Waals surface area contributed by atoms with Crippen molar-refractivity contribution in [2.24, 2.45) is 11.8 Å². The van der Waals surface area contributed by atoms with Gasteiger partial charge in [-0.25, -0.2) is 8.42 Å². The minimum atomic E-state index is -3.39. The van der Waals surface area contributed by atoms with Crippen LogP contribution in [0.4, 0.5) is 0 Å². The Morgan fingerprint density at radius 1 is 1.10 bits per heavy atom. The third-order valence-corrected chi connectivity index (χ3v) is 7.54. The van der Waals surface area contributed by atoms with Crippen LogP contribution in [0.1, 0.15) is 45.1 Å². The van der Waals surface area contributed by atoms with E-state index in [4.69, 9.17) is 0 Å². The van der Waals surface area contributed by atoms with Crippen LogP contribution >= 0.6 is 0 Å². The number of rotatable bonds is 2. The normalized spacial score (nSPS) is 29.3. The van der Waals surface area contributed by atoms with Crippen LogP contribution in [-0.2, 0) is 10.0 Å². The molecule has 1 aliphatic heterocycles. The summed E-state index contributed by atoms with van der Waals surface area (Å²) < 4.78 is 27.8. The summed E-state index contributed by atoms with van der Waals surface area (Å²) in [5, 5.41) is 0. The van der Waals surface area contributed by atoms with Crippen LogP contribution in [0.2, 0.25) is 0 Å². The fourth-order valence-electron chi connectivity index (χ4n) is 4.23. The van der Waals surface area contributed by atoms with E-state index in [0.29, 0.717) is 23.3 Å². The Kier molecular flexibility index (Phi) is 3.65. The number of aryl methyl sites for hydroxylation is 1. The molecule has 0 aromatic heterocycles. The first-order chi connectivity index (χ1) is 9.83. The Bertz CT molecular complexity index is 619. The first kappa shape index (κ1) is 15.0. The van der Waals surface area contributed by atoms with Crippen molar-refractivity contribution in [3.05, 3.63) is 29.8 Å². The minimum absolute atomic E-state index is 0.269. The highest BCUT2D eigenvalue weighted by atomic mass is 32.2. The van der Waals surface area contributed by atoms with Gasteiger partial charge in [0.25, 0.3) is 0 Å². The summed E-state index contributed by atoms with van der Waals surface area (Å²) in [5.41, 5.74) is 0.817. The molecule has 3 nitrogen and oxygen atoms in total. The van der Waals surface area contributed by atoms with Gasteiger partial charge in [-0.15, -0.1) is 0 Å². The van der Waals surface area contributed by atoms with Crippen molar-refractivity contribution in [2.75, 3.05) is 6.54 Å². The van der Waals surface area contributed by atoms with Gasteiger partial charge < -0.3 is 0 Å². The maximum Gasteiger partial charge on any atom is 0.243 e. The van der Waals surface area contributed by atoms with Crippen molar-refractivity contribution in [3.8, 4) is 0 Å². The van der Waals surface area contributed by atoms with Gasteiger partial charge in [-0.05, 0) is 57.6 Å². The lowest BCUT2D eigenvalue weighted by Gasteiger charge is -2.37. The Morgan fingerprint density at radius 2 is 1.71 bits per heavy atom. The van der Waals surface area contributed by atoms with E-state index in [1.807, 2.05) is 19.1 Å². The molecule has 2 unspecified atom stereocenters. The molecule has 0 radical (unpaired) electrons. The van der Waals surface area contributed by atoms with Crippen LogP contribution < -0.4 is 0 Å². The molecule has 2 aliphatic rings. The monoisotopic (exact) mass is 307 g/mol. The summed E-state index contributed by atoms with van der Waals surface area (Å²) >= 11 is 0. The molecular formula is C17H25NO2S. The average Bonchev–Trinajstić information content (AvgIpc) is 2.72. The van der Waals surface area contributed by atoms with Crippen LogP contribution in [-0.4, -0.2) is 24.8 Å². The van der Waals surface area contributed by atoms with Gasteiger partial charge in [0.15, 0.2) is 0 Å². The Morgan fingerprint density at radius 3 is 2.33 bits per heavy atom. The fraction of sp³-hybridized carbons (Fsp3) is 0.647. The number of sulfonamides is 1. The van der Waals surface area contributed by atoms with E-state index in [1.54, 1.807) is 16.4 Å². The average molecular weight is 307 g/mol.